The molecule has 1 aromatic carbocycles. The van der Waals surface area contributed by atoms with Crippen LogP contribution in [0.4, 0.5) is 0 Å². The molecular weight excluding hydrogens is 412 g/mol. The lowest BCUT2D eigenvalue weighted by Gasteiger charge is -2.26. The highest BCUT2D eigenvalue weighted by Gasteiger charge is 2.35. The second-order valence-corrected chi connectivity index (χ2v) is 10.9. The Morgan fingerprint density at radius 1 is 1.10 bits per heavy atom. The van der Waals surface area contributed by atoms with Gasteiger partial charge >= 0.3 is 0 Å². The monoisotopic (exact) mass is 448 g/mol. The van der Waals surface area contributed by atoms with Gasteiger partial charge in [-0.15, -0.1) is 0 Å². The molecule has 2 aliphatic heterocycles. The number of sulfonamides is 1. The average molecular weight is 449 g/mol. The third-order valence-electron chi connectivity index (χ3n) is 6.83. The van der Waals surface area contributed by atoms with E-state index < -0.39 is 10.0 Å². The highest BCUT2D eigenvalue weighted by Crippen LogP contribution is 2.36. The zero-order valence-electron chi connectivity index (χ0n) is 18.6. The maximum atomic E-state index is 12.9. The molecule has 0 aromatic heterocycles. The van der Waals surface area contributed by atoms with Crippen LogP contribution in [0.25, 0.3) is 0 Å². The Bertz CT molecular complexity index is 853. The molecule has 0 spiro atoms. The van der Waals surface area contributed by atoms with Gasteiger partial charge in [-0.2, -0.15) is 4.31 Å². The lowest BCUT2D eigenvalue weighted by atomic mass is 9.82. The van der Waals surface area contributed by atoms with Gasteiger partial charge in [0.15, 0.2) is 5.96 Å². The van der Waals surface area contributed by atoms with Crippen molar-refractivity contribution in [3.05, 3.63) is 35.4 Å². The van der Waals surface area contributed by atoms with E-state index >= 15 is 0 Å². The van der Waals surface area contributed by atoms with Gasteiger partial charge in [0.1, 0.15) is 0 Å². The lowest BCUT2D eigenvalue weighted by Crippen LogP contribution is -2.41. The van der Waals surface area contributed by atoms with Crippen LogP contribution >= 0.6 is 0 Å². The van der Waals surface area contributed by atoms with Gasteiger partial charge in [-0.1, -0.05) is 37.1 Å². The van der Waals surface area contributed by atoms with E-state index in [2.05, 4.69) is 17.1 Å². The van der Waals surface area contributed by atoms with Gasteiger partial charge in [-0.3, -0.25) is 0 Å². The molecule has 0 radical (unpaired) electrons. The van der Waals surface area contributed by atoms with Crippen molar-refractivity contribution >= 4 is 16.0 Å². The van der Waals surface area contributed by atoms with Crippen molar-refractivity contribution in [2.45, 2.75) is 44.9 Å². The van der Waals surface area contributed by atoms with Gasteiger partial charge in [-0.25, -0.2) is 13.4 Å². The van der Waals surface area contributed by atoms with Crippen LogP contribution in [0.1, 0.15) is 43.7 Å². The highest BCUT2D eigenvalue weighted by atomic mass is 32.2. The first-order valence-electron chi connectivity index (χ1n) is 11.7. The summed E-state index contributed by atoms with van der Waals surface area (Å²) in [5.41, 5.74) is 1.81. The molecule has 2 heterocycles. The fourth-order valence-corrected chi connectivity index (χ4v) is 6.69. The summed E-state index contributed by atoms with van der Waals surface area (Å²) in [6.07, 6.45) is 5.38. The Labute approximate surface area is 186 Å². The first-order chi connectivity index (χ1) is 15.1. The maximum absolute atomic E-state index is 12.9. The molecule has 1 N–H and O–H groups in total. The van der Waals surface area contributed by atoms with E-state index in [1.54, 1.807) is 4.31 Å². The average Bonchev–Trinajstić information content (AvgIpc) is 3.22. The minimum absolute atomic E-state index is 0.0170. The zero-order chi connectivity index (χ0) is 21.7. The summed E-state index contributed by atoms with van der Waals surface area (Å²) in [5, 5.41) is 3.46. The fraction of sp³-hybridized carbons (Fsp3) is 0.696. The molecule has 2 saturated heterocycles. The molecular formula is C23H36N4O3S. The number of likely N-dealkylation sites (tertiary alicyclic amines) is 1. The number of nitrogens with zero attached hydrogens (tertiary/aromatic N) is 3. The fourth-order valence-electron chi connectivity index (χ4n) is 5.13. The molecule has 1 aromatic rings. The summed E-state index contributed by atoms with van der Waals surface area (Å²) in [6.45, 7) is 7.40. The van der Waals surface area contributed by atoms with Gasteiger partial charge in [0, 0.05) is 32.7 Å². The molecule has 3 fully saturated rings. The van der Waals surface area contributed by atoms with E-state index in [1.807, 2.05) is 24.3 Å². The summed E-state index contributed by atoms with van der Waals surface area (Å²) in [5.74, 6) is 2.57. The Morgan fingerprint density at radius 2 is 1.74 bits per heavy atom. The molecule has 0 amide bonds. The van der Waals surface area contributed by atoms with E-state index in [0.717, 1.165) is 48.6 Å². The Morgan fingerprint density at radius 3 is 2.39 bits per heavy atom. The Kier molecular flexibility index (Phi) is 7.51. The molecule has 7 nitrogen and oxygen atoms in total. The van der Waals surface area contributed by atoms with Crippen molar-refractivity contribution in [2.24, 2.45) is 16.8 Å². The van der Waals surface area contributed by atoms with Crippen molar-refractivity contribution in [1.82, 2.24) is 14.5 Å². The predicted octanol–water partition coefficient (Wildman–Crippen LogP) is 2.44. The number of guanidine groups is 1. The van der Waals surface area contributed by atoms with Gasteiger partial charge in [0.05, 0.1) is 25.5 Å². The van der Waals surface area contributed by atoms with Crippen LogP contribution in [0.15, 0.2) is 29.3 Å². The van der Waals surface area contributed by atoms with E-state index in [4.69, 9.17) is 9.73 Å². The minimum Gasteiger partial charge on any atom is -0.379 e. The lowest BCUT2D eigenvalue weighted by molar-refractivity contribution is 0.0729. The predicted molar refractivity (Wildman–Crippen MR) is 123 cm³/mol. The number of nitrogens with one attached hydrogen (secondary N) is 1. The Hall–Kier alpha value is -1.64. The third-order valence-corrected chi connectivity index (χ3v) is 8.66. The van der Waals surface area contributed by atoms with Gasteiger partial charge in [-0.05, 0) is 42.7 Å². The van der Waals surface area contributed by atoms with Crippen LogP contribution in [0, 0.1) is 11.8 Å². The number of rotatable bonds is 6. The number of ether oxygens (including phenoxy) is 1. The number of hydrogen-bond acceptors (Lipinski definition) is 4. The van der Waals surface area contributed by atoms with Gasteiger partial charge in [0.2, 0.25) is 10.0 Å². The summed E-state index contributed by atoms with van der Waals surface area (Å²) in [7, 11) is -3.36. The molecule has 1 saturated carbocycles. The standard InChI is InChI=1S/C23H36N4O3S/c1-2-24-23(26-16-20-8-4-5-9-21(20)17-26)25-15-19-7-3-6-10-22(19)18-31(28,29)27-11-13-30-14-12-27/h3,6-7,10,20-21H,2,4-5,8-9,11-18H2,1H3,(H,24,25). The van der Waals surface area contributed by atoms with Crippen LogP contribution in [-0.4, -0.2) is 69.5 Å². The summed E-state index contributed by atoms with van der Waals surface area (Å²) < 4.78 is 32.7. The maximum Gasteiger partial charge on any atom is 0.218 e. The van der Waals surface area contributed by atoms with Crippen molar-refractivity contribution in [1.29, 1.82) is 0 Å². The molecule has 1 aliphatic carbocycles. The van der Waals surface area contributed by atoms with Gasteiger partial charge in [0.25, 0.3) is 0 Å². The Balaban J connectivity index is 1.47. The van der Waals surface area contributed by atoms with Crippen LogP contribution in [-0.2, 0) is 27.1 Å². The quantitative estimate of drug-likeness (QED) is 0.534. The minimum atomic E-state index is -3.36. The van der Waals surface area contributed by atoms with E-state index in [9.17, 15) is 8.42 Å². The van der Waals surface area contributed by atoms with E-state index in [0.29, 0.717) is 32.8 Å². The first-order valence-corrected chi connectivity index (χ1v) is 13.3. The van der Waals surface area contributed by atoms with Crippen LogP contribution in [0.2, 0.25) is 0 Å². The van der Waals surface area contributed by atoms with Crippen molar-refractivity contribution < 1.29 is 13.2 Å². The van der Waals surface area contributed by atoms with E-state index in [-0.39, 0.29) is 5.75 Å². The first kappa shape index (κ1) is 22.6. The molecule has 31 heavy (non-hydrogen) atoms. The molecule has 0 bridgehead atoms. The second-order valence-electron chi connectivity index (χ2n) is 8.92. The van der Waals surface area contributed by atoms with Crippen molar-refractivity contribution in [3.8, 4) is 0 Å². The third kappa shape index (κ3) is 5.59. The number of benzene rings is 1. The highest BCUT2D eigenvalue weighted by molar-refractivity contribution is 7.88. The number of morpholine rings is 1. The molecule has 2 atom stereocenters. The SMILES string of the molecule is CCNC(=NCc1ccccc1CS(=O)(=O)N1CCOCC1)N1CC2CCCCC2C1. The normalized spacial score (nSPS) is 25.5. The largest absolute Gasteiger partial charge is 0.379 e. The number of fused-ring (bicyclic) bond motifs is 1. The molecule has 172 valence electrons. The smallest absolute Gasteiger partial charge is 0.218 e. The summed E-state index contributed by atoms with van der Waals surface area (Å²) >= 11 is 0. The topological polar surface area (TPSA) is 74.2 Å². The number of hydrogen-bond donors (Lipinski definition) is 1. The molecule has 3 aliphatic rings. The molecule has 2 unspecified atom stereocenters. The molecule has 8 heteroatoms. The second kappa shape index (κ2) is 10.3. The van der Waals surface area contributed by atoms with E-state index in [1.165, 1.54) is 25.7 Å². The van der Waals surface area contributed by atoms with Crippen LogP contribution < -0.4 is 5.32 Å². The zero-order valence-corrected chi connectivity index (χ0v) is 19.4. The van der Waals surface area contributed by atoms with Crippen LogP contribution in [0.3, 0.4) is 0 Å². The summed E-state index contributed by atoms with van der Waals surface area (Å²) in [6, 6.07) is 7.79. The number of aliphatic imine (C=N–C) groups is 1. The molecule has 4 rings (SSSR count). The van der Waals surface area contributed by atoms with Crippen molar-refractivity contribution in [2.75, 3.05) is 45.9 Å². The van der Waals surface area contributed by atoms with Crippen LogP contribution in [0.5, 0.6) is 0 Å². The summed E-state index contributed by atoms with van der Waals surface area (Å²) in [4.78, 5) is 7.34. The van der Waals surface area contributed by atoms with Crippen molar-refractivity contribution in [3.63, 3.8) is 0 Å². The van der Waals surface area contributed by atoms with Gasteiger partial charge < -0.3 is 15.0 Å².